The summed E-state index contributed by atoms with van der Waals surface area (Å²) in [7, 11) is 1.82. The van der Waals surface area contributed by atoms with E-state index in [9.17, 15) is 0 Å². The molecule has 7 heteroatoms. The second-order valence-corrected chi connectivity index (χ2v) is 7.04. The molecule has 2 rings (SSSR count). The van der Waals surface area contributed by atoms with Crippen molar-refractivity contribution in [2.24, 2.45) is 10.4 Å². The van der Waals surface area contributed by atoms with E-state index in [1.54, 1.807) is 0 Å². The van der Waals surface area contributed by atoms with Crippen LogP contribution < -0.4 is 10.6 Å². The van der Waals surface area contributed by atoms with Crippen molar-refractivity contribution in [1.29, 1.82) is 0 Å². The van der Waals surface area contributed by atoms with Crippen LogP contribution in [0.15, 0.2) is 4.99 Å². The molecule has 2 atom stereocenters. The molecule has 2 N–H and O–H groups in total. The van der Waals surface area contributed by atoms with Gasteiger partial charge in [-0.1, -0.05) is 19.8 Å². The molecule has 26 heavy (non-hydrogen) atoms. The molecule has 2 saturated carbocycles. The third-order valence-corrected chi connectivity index (χ3v) is 5.52. The van der Waals surface area contributed by atoms with Gasteiger partial charge in [-0.15, -0.1) is 24.0 Å². The monoisotopic (exact) mass is 483 g/mol. The van der Waals surface area contributed by atoms with E-state index < -0.39 is 0 Å². The molecule has 0 saturated heterocycles. The normalized spacial score (nSPS) is 23.7. The van der Waals surface area contributed by atoms with Crippen molar-refractivity contribution in [2.45, 2.75) is 64.5 Å². The summed E-state index contributed by atoms with van der Waals surface area (Å²) in [6.07, 6.45) is 7.67. The smallest absolute Gasteiger partial charge is 0.191 e. The number of hydrogen-bond donors (Lipinski definition) is 2. The van der Waals surface area contributed by atoms with E-state index >= 15 is 0 Å². The molecule has 0 amide bonds. The Morgan fingerprint density at radius 2 is 1.85 bits per heavy atom. The molecule has 0 heterocycles. The third-order valence-electron chi connectivity index (χ3n) is 5.52. The number of nitrogens with zero attached hydrogens (tertiary/aromatic N) is 1. The van der Waals surface area contributed by atoms with Gasteiger partial charge in [0.25, 0.3) is 0 Å². The predicted octanol–water partition coefficient (Wildman–Crippen LogP) is 2.95. The third kappa shape index (κ3) is 6.49. The highest BCUT2D eigenvalue weighted by Gasteiger charge is 2.59. The zero-order valence-electron chi connectivity index (χ0n) is 16.7. The molecule has 6 nitrogen and oxygen atoms in total. The molecule has 0 bridgehead atoms. The van der Waals surface area contributed by atoms with Gasteiger partial charge in [0.05, 0.1) is 25.9 Å². The molecule has 2 aliphatic rings. The Balaban J connectivity index is 0.00000338. The summed E-state index contributed by atoms with van der Waals surface area (Å²) in [5, 5.41) is 6.93. The van der Waals surface area contributed by atoms with Gasteiger partial charge in [0.15, 0.2) is 5.96 Å². The molecular formula is C19H38IN3O3. The Kier molecular flexibility index (Phi) is 12.1. The number of halogens is 1. The van der Waals surface area contributed by atoms with Gasteiger partial charge in [0, 0.05) is 38.3 Å². The zero-order chi connectivity index (χ0) is 18.0. The summed E-state index contributed by atoms with van der Waals surface area (Å²) in [6.45, 7) is 8.64. The standard InChI is InChI=1S/C19H37N3O3.HI/c1-4-6-11-23-13-14-24-12-10-21-18(20-3)22-16-15-17(25-5-2)19(16)8-7-9-19;/h16-17H,4-15H2,1-3H3,(H2,20,21,22);1H. The maximum absolute atomic E-state index is 5.91. The Morgan fingerprint density at radius 1 is 1.12 bits per heavy atom. The number of ether oxygens (including phenoxy) is 3. The van der Waals surface area contributed by atoms with Crippen LogP contribution in [-0.2, 0) is 14.2 Å². The lowest BCUT2D eigenvalue weighted by atomic mass is 9.51. The first kappa shape index (κ1) is 23.9. The average molecular weight is 483 g/mol. The van der Waals surface area contributed by atoms with E-state index in [4.69, 9.17) is 14.2 Å². The van der Waals surface area contributed by atoms with Gasteiger partial charge >= 0.3 is 0 Å². The first-order valence-corrected chi connectivity index (χ1v) is 10.0. The number of rotatable bonds is 12. The summed E-state index contributed by atoms with van der Waals surface area (Å²) in [4.78, 5) is 4.35. The van der Waals surface area contributed by atoms with E-state index in [0.717, 1.165) is 38.6 Å². The topological polar surface area (TPSA) is 64.1 Å². The van der Waals surface area contributed by atoms with Crippen molar-refractivity contribution < 1.29 is 14.2 Å². The lowest BCUT2D eigenvalue weighted by Crippen LogP contribution is -2.68. The molecule has 2 aliphatic carbocycles. The van der Waals surface area contributed by atoms with Gasteiger partial charge in [-0.3, -0.25) is 4.99 Å². The Morgan fingerprint density at radius 3 is 2.42 bits per heavy atom. The van der Waals surface area contributed by atoms with Crippen LogP contribution in [0.3, 0.4) is 0 Å². The van der Waals surface area contributed by atoms with E-state index in [1.807, 2.05) is 7.05 Å². The lowest BCUT2D eigenvalue weighted by Gasteiger charge is -2.61. The minimum absolute atomic E-state index is 0. The SMILES string of the molecule is CCCCOCCOCCNC(=NC)NC1CC(OCC)C12CCC2.I. The van der Waals surface area contributed by atoms with Crippen LogP contribution in [0.2, 0.25) is 0 Å². The molecule has 0 aromatic carbocycles. The summed E-state index contributed by atoms with van der Waals surface area (Å²) in [5.74, 6) is 0.869. The Hall–Kier alpha value is -0.120. The number of nitrogens with one attached hydrogen (secondary N) is 2. The number of unbranched alkanes of at least 4 members (excludes halogenated alkanes) is 1. The first-order valence-electron chi connectivity index (χ1n) is 10.0. The molecule has 1 spiro atoms. The van der Waals surface area contributed by atoms with Gasteiger partial charge in [-0.25, -0.2) is 0 Å². The molecule has 0 aromatic heterocycles. The second-order valence-electron chi connectivity index (χ2n) is 7.04. The van der Waals surface area contributed by atoms with Crippen LogP contribution in [0.5, 0.6) is 0 Å². The van der Waals surface area contributed by atoms with Gasteiger partial charge in [0.1, 0.15) is 0 Å². The van der Waals surface area contributed by atoms with Crippen LogP contribution in [0.1, 0.15) is 52.4 Å². The summed E-state index contributed by atoms with van der Waals surface area (Å²) in [5.41, 5.74) is 0.347. The quantitative estimate of drug-likeness (QED) is 0.194. The van der Waals surface area contributed by atoms with Crippen LogP contribution in [0.4, 0.5) is 0 Å². The van der Waals surface area contributed by atoms with Crippen molar-refractivity contribution in [3.8, 4) is 0 Å². The molecule has 154 valence electrons. The Labute approximate surface area is 176 Å². The minimum Gasteiger partial charge on any atom is -0.379 e. The summed E-state index contributed by atoms with van der Waals surface area (Å²) in [6, 6.07) is 0.483. The van der Waals surface area contributed by atoms with Gasteiger partial charge in [-0.2, -0.15) is 0 Å². The van der Waals surface area contributed by atoms with E-state index in [2.05, 4.69) is 29.5 Å². The number of hydrogen-bond acceptors (Lipinski definition) is 4. The van der Waals surface area contributed by atoms with Gasteiger partial charge in [0.2, 0.25) is 0 Å². The van der Waals surface area contributed by atoms with Crippen LogP contribution in [0, 0.1) is 5.41 Å². The highest BCUT2D eigenvalue weighted by atomic mass is 127. The summed E-state index contributed by atoms with van der Waals surface area (Å²) >= 11 is 0. The van der Waals surface area contributed by atoms with Crippen molar-refractivity contribution in [3.63, 3.8) is 0 Å². The van der Waals surface area contributed by atoms with E-state index in [1.165, 1.54) is 25.7 Å². The second kappa shape index (κ2) is 13.1. The zero-order valence-corrected chi connectivity index (χ0v) is 19.1. The summed E-state index contributed by atoms with van der Waals surface area (Å²) < 4.78 is 17.0. The van der Waals surface area contributed by atoms with Gasteiger partial charge < -0.3 is 24.8 Å². The molecule has 0 aromatic rings. The fourth-order valence-electron chi connectivity index (χ4n) is 3.81. The van der Waals surface area contributed by atoms with Gasteiger partial charge in [-0.05, 0) is 32.6 Å². The fraction of sp³-hybridized carbons (Fsp3) is 0.947. The average Bonchev–Trinajstić information content (AvgIpc) is 2.56. The van der Waals surface area contributed by atoms with E-state index in [-0.39, 0.29) is 24.0 Å². The maximum Gasteiger partial charge on any atom is 0.191 e. The van der Waals surface area contributed by atoms with Crippen LogP contribution >= 0.6 is 24.0 Å². The fourth-order valence-corrected chi connectivity index (χ4v) is 3.81. The molecule has 2 unspecified atom stereocenters. The van der Waals surface area contributed by atoms with Crippen molar-refractivity contribution in [2.75, 3.05) is 46.6 Å². The maximum atomic E-state index is 5.91. The largest absolute Gasteiger partial charge is 0.379 e. The van der Waals surface area contributed by atoms with Crippen molar-refractivity contribution in [3.05, 3.63) is 0 Å². The Bertz CT molecular complexity index is 405. The highest BCUT2D eigenvalue weighted by Crippen LogP contribution is 2.57. The molecule has 2 fully saturated rings. The lowest BCUT2D eigenvalue weighted by molar-refractivity contribution is -0.168. The molecular weight excluding hydrogens is 445 g/mol. The predicted molar refractivity (Wildman–Crippen MR) is 117 cm³/mol. The van der Waals surface area contributed by atoms with Crippen LogP contribution in [-0.4, -0.2) is 64.7 Å². The van der Waals surface area contributed by atoms with Crippen molar-refractivity contribution in [1.82, 2.24) is 10.6 Å². The first-order chi connectivity index (χ1) is 12.3. The van der Waals surface area contributed by atoms with Crippen LogP contribution in [0.25, 0.3) is 0 Å². The minimum atomic E-state index is 0. The molecule has 0 aliphatic heterocycles. The van der Waals surface area contributed by atoms with E-state index in [0.29, 0.717) is 37.4 Å². The van der Waals surface area contributed by atoms with Crippen molar-refractivity contribution >= 4 is 29.9 Å². The number of guanidine groups is 1. The number of aliphatic imine (C=N–C) groups is 1. The molecule has 0 radical (unpaired) electrons. The highest BCUT2D eigenvalue weighted by molar-refractivity contribution is 14.0.